The van der Waals surface area contributed by atoms with Gasteiger partial charge in [0.05, 0.1) is 6.04 Å². The average Bonchev–Trinajstić information content (AvgIpc) is 2.67. The number of carbonyl (C=O) groups excluding carboxylic acids is 2. The predicted molar refractivity (Wildman–Crippen MR) is 109 cm³/mol. The summed E-state index contributed by atoms with van der Waals surface area (Å²) in [5.74, 6) is 0.190. The maximum absolute atomic E-state index is 12.6. The number of piperidine rings is 1. The van der Waals surface area contributed by atoms with Crippen molar-refractivity contribution in [1.82, 2.24) is 4.90 Å². The molecular weight excluding hydrogens is 408 g/mol. The number of benzene rings is 2. The van der Waals surface area contributed by atoms with Crippen LogP contribution >= 0.6 is 15.9 Å². The standard InChI is InChI=1S/C21H23BrN2O3/c1-14(21(27)23-18-4-2-3-17(22)13-18)24-11-9-16(10-12-24)20(26)15-5-7-19(25)8-6-15/h2-8,13-14,16,25H,9-12H2,1H3,(H,23,27). The fourth-order valence-electron chi connectivity index (χ4n) is 3.39. The second-order valence-corrected chi connectivity index (χ2v) is 7.81. The van der Waals surface area contributed by atoms with E-state index in [1.165, 1.54) is 12.1 Å². The van der Waals surface area contributed by atoms with Gasteiger partial charge in [-0.05, 0) is 75.3 Å². The third-order valence-corrected chi connectivity index (χ3v) is 5.56. The Bertz CT molecular complexity index is 814. The van der Waals surface area contributed by atoms with Gasteiger partial charge < -0.3 is 10.4 Å². The van der Waals surface area contributed by atoms with Crippen LogP contribution in [0.15, 0.2) is 53.0 Å². The van der Waals surface area contributed by atoms with E-state index in [-0.39, 0.29) is 29.4 Å². The van der Waals surface area contributed by atoms with Crippen LogP contribution in [0.5, 0.6) is 5.75 Å². The Hall–Kier alpha value is -2.18. The van der Waals surface area contributed by atoms with E-state index in [9.17, 15) is 14.7 Å². The number of nitrogens with one attached hydrogen (secondary N) is 1. The normalized spacial score (nSPS) is 16.7. The van der Waals surface area contributed by atoms with E-state index >= 15 is 0 Å². The molecule has 27 heavy (non-hydrogen) atoms. The fraction of sp³-hybridized carbons (Fsp3) is 0.333. The molecule has 1 aliphatic heterocycles. The minimum Gasteiger partial charge on any atom is -0.508 e. The van der Waals surface area contributed by atoms with Crippen LogP contribution in [0, 0.1) is 5.92 Å². The number of halogens is 1. The van der Waals surface area contributed by atoms with Gasteiger partial charge in [-0.3, -0.25) is 14.5 Å². The van der Waals surface area contributed by atoms with E-state index in [4.69, 9.17) is 0 Å². The summed E-state index contributed by atoms with van der Waals surface area (Å²) < 4.78 is 0.918. The average molecular weight is 431 g/mol. The molecule has 0 spiro atoms. The molecule has 1 aliphatic rings. The van der Waals surface area contributed by atoms with Gasteiger partial charge in [0, 0.05) is 21.6 Å². The van der Waals surface area contributed by atoms with Crippen molar-refractivity contribution in [2.45, 2.75) is 25.8 Å². The second-order valence-electron chi connectivity index (χ2n) is 6.90. The fourth-order valence-corrected chi connectivity index (χ4v) is 3.79. The number of amides is 1. The zero-order chi connectivity index (χ0) is 19.4. The number of phenols is 1. The largest absolute Gasteiger partial charge is 0.508 e. The van der Waals surface area contributed by atoms with E-state index in [2.05, 4.69) is 26.1 Å². The number of carbonyl (C=O) groups is 2. The van der Waals surface area contributed by atoms with E-state index in [1.807, 2.05) is 31.2 Å². The Morgan fingerprint density at radius 2 is 1.81 bits per heavy atom. The topological polar surface area (TPSA) is 69.6 Å². The first-order valence-electron chi connectivity index (χ1n) is 9.08. The molecule has 0 bridgehead atoms. The van der Waals surface area contributed by atoms with Crippen molar-refractivity contribution in [2.24, 2.45) is 5.92 Å². The summed E-state index contributed by atoms with van der Waals surface area (Å²) in [6.45, 7) is 3.32. The number of aromatic hydroxyl groups is 1. The summed E-state index contributed by atoms with van der Waals surface area (Å²) in [6.07, 6.45) is 1.46. The number of Topliss-reactive ketones (excluding diaryl/α,β-unsaturated/α-hetero) is 1. The number of hydrogen-bond acceptors (Lipinski definition) is 4. The molecule has 1 unspecified atom stereocenters. The first-order valence-corrected chi connectivity index (χ1v) is 9.87. The zero-order valence-corrected chi connectivity index (χ0v) is 16.8. The molecule has 1 atom stereocenters. The zero-order valence-electron chi connectivity index (χ0n) is 15.2. The highest BCUT2D eigenvalue weighted by Crippen LogP contribution is 2.24. The van der Waals surface area contributed by atoms with Crippen molar-refractivity contribution in [3.8, 4) is 5.75 Å². The van der Waals surface area contributed by atoms with E-state index in [0.29, 0.717) is 18.7 Å². The van der Waals surface area contributed by atoms with Gasteiger partial charge in [0.1, 0.15) is 5.75 Å². The van der Waals surface area contributed by atoms with Crippen LogP contribution in [0.3, 0.4) is 0 Å². The molecule has 0 radical (unpaired) electrons. The Morgan fingerprint density at radius 3 is 2.44 bits per heavy atom. The van der Waals surface area contributed by atoms with Crippen LogP contribution in [0.2, 0.25) is 0 Å². The summed E-state index contributed by atoms with van der Waals surface area (Å²) in [6, 6.07) is 13.7. The van der Waals surface area contributed by atoms with Crippen LogP contribution in [-0.2, 0) is 4.79 Å². The Balaban J connectivity index is 1.54. The third-order valence-electron chi connectivity index (χ3n) is 5.07. The molecule has 3 rings (SSSR count). The molecule has 5 nitrogen and oxygen atoms in total. The van der Waals surface area contributed by atoms with Gasteiger partial charge in [-0.15, -0.1) is 0 Å². The van der Waals surface area contributed by atoms with Gasteiger partial charge in [0.15, 0.2) is 5.78 Å². The van der Waals surface area contributed by atoms with Crippen LogP contribution in [0.4, 0.5) is 5.69 Å². The number of phenolic OH excluding ortho intramolecular Hbond substituents is 1. The minimum atomic E-state index is -0.256. The van der Waals surface area contributed by atoms with Gasteiger partial charge in [-0.25, -0.2) is 0 Å². The first-order chi connectivity index (χ1) is 12.9. The SMILES string of the molecule is CC(C(=O)Nc1cccc(Br)c1)N1CCC(C(=O)c2ccc(O)cc2)CC1. The number of likely N-dealkylation sites (tertiary alicyclic amines) is 1. The highest BCUT2D eigenvalue weighted by molar-refractivity contribution is 9.10. The lowest BCUT2D eigenvalue weighted by Gasteiger charge is -2.34. The van der Waals surface area contributed by atoms with Crippen molar-refractivity contribution in [3.05, 3.63) is 58.6 Å². The minimum absolute atomic E-state index is 0.0360. The van der Waals surface area contributed by atoms with Gasteiger partial charge in [-0.2, -0.15) is 0 Å². The number of nitrogens with zero attached hydrogens (tertiary/aromatic N) is 1. The first kappa shape index (κ1) is 19.6. The number of ketones is 1. The van der Waals surface area contributed by atoms with Crippen LogP contribution in [0.1, 0.15) is 30.1 Å². The Morgan fingerprint density at radius 1 is 1.15 bits per heavy atom. The molecule has 2 N–H and O–H groups in total. The molecule has 2 aromatic carbocycles. The van der Waals surface area contributed by atoms with Crippen LogP contribution in [0.25, 0.3) is 0 Å². The lowest BCUT2D eigenvalue weighted by atomic mass is 9.88. The maximum atomic E-state index is 12.6. The smallest absolute Gasteiger partial charge is 0.241 e. The third kappa shape index (κ3) is 4.96. The van der Waals surface area contributed by atoms with Crippen molar-refractivity contribution >= 4 is 33.3 Å². The lowest BCUT2D eigenvalue weighted by molar-refractivity contribution is -0.121. The molecule has 2 aromatic rings. The summed E-state index contributed by atoms with van der Waals surface area (Å²) in [7, 11) is 0. The highest BCUT2D eigenvalue weighted by Gasteiger charge is 2.30. The van der Waals surface area contributed by atoms with Crippen molar-refractivity contribution in [2.75, 3.05) is 18.4 Å². The molecule has 0 aromatic heterocycles. The second kappa shape index (κ2) is 8.67. The van der Waals surface area contributed by atoms with Gasteiger partial charge in [0.2, 0.25) is 5.91 Å². The summed E-state index contributed by atoms with van der Waals surface area (Å²) in [5, 5.41) is 12.3. The van der Waals surface area contributed by atoms with E-state index in [1.54, 1.807) is 12.1 Å². The molecule has 1 saturated heterocycles. The summed E-state index contributed by atoms with van der Waals surface area (Å²) in [5.41, 5.74) is 1.39. The predicted octanol–water partition coefficient (Wildman–Crippen LogP) is 4.08. The lowest BCUT2D eigenvalue weighted by Crippen LogP contribution is -2.47. The number of anilines is 1. The quantitative estimate of drug-likeness (QED) is 0.701. The molecule has 0 aliphatic carbocycles. The van der Waals surface area contributed by atoms with Crippen LogP contribution < -0.4 is 5.32 Å². The van der Waals surface area contributed by atoms with Crippen molar-refractivity contribution in [3.63, 3.8) is 0 Å². The monoisotopic (exact) mass is 430 g/mol. The molecule has 1 amide bonds. The molecular formula is C21H23BrN2O3. The molecule has 142 valence electrons. The van der Waals surface area contributed by atoms with Crippen molar-refractivity contribution in [1.29, 1.82) is 0 Å². The molecule has 1 fully saturated rings. The van der Waals surface area contributed by atoms with Gasteiger partial charge >= 0.3 is 0 Å². The van der Waals surface area contributed by atoms with Gasteiger partial charge in [-0.1, -0.05) is 22.0 Å². The number of rotatable bonds is 5. The van der Waals surface area contributed by atoms with Gasteiger partial charge in [0.25, 0.3) is 0 Å². The molecule has 6 heteroatoms. The molecule has 1 heterocycles. The number of hydrogen-bond donors (Lipinski definition) is 2. The summed E-state index contributed by atoms with van der Waals surface area (Å²) >= 11 is 3.40. The molecule has 0 saturated carbocycles. The van der Waals surface area contributed by atoms with Crippen molar-refractivity contribution < 1.29 is 14.7 Å². The van der Waals surface area contributed by atoms with E-state index < -0.39 is 0 Å². The Labute approximate surface area is 167 Å². The maximum Gasteiger partial charge on any atom is 0.241 e. The van der Waals surface area contributed by atoms with E-state index in [0.717, 1.165) is 23.0 Å². The van der Waals surface area contributed by atoms with Crippen LogP contribution in [-0.4, -0.2) is 40.8 Å². The summed E-state index contributed by atoms with van der Waals surface area (Å²) in [4.78, 5) is 27.3. The Kier molecular flexibility index (Phi) is 6.29. The highest BCUT2D eigenvalue weighted by atomic mass is 79.9.